The van der Waals surface area contributed by atoms with Gasteiger partial charge in [0.15, 0.2) is 11.5 Å². The molecule has 158 valence electrons. The van der Waals surface area contributed by atoms with Crippen molar-refractivity contribution < 1.29 is 19.0 Å². The normalized spacial score (nSPS) is 15.5. The molecule has 2 aromatic carbocycles. The minimum absolute atomic E-state index is 0.0998. The van der Waals surface area contributed by atoms with E-state index < -0.39 is 0 Å². The maximum atomic E-state index is 12.7. The summed E-state index contributed by atoms with van der Waals surface area (Å²) in [5.41, 5.74) is 2.62. The number of amides is 1. The zero-order chi connectivity index (χ0) is 21.5. The summed E-state index contributed by atoms with van der Waals surface area (Å²) in [6, 6.07) is 11.5. The van der Waals surface area contributed by atoms with E-state index in [1.54, 1.807) is 38.3 Å². The molecule has 0 bridgehead atoms. The third-order valence-corrected chi connectivity index (χ3v) is 6.41. The third-order valence-electron chi connectivity index (χ3n) is 5.40. The van der Waals surface area contributed by atoms with E-state index in [0.29, 0.717) is 28.2 Å². The van der Waals surface area contributed by atoms with Crippen molar-refractivity contribution in [3.05, 3.63) is 53.7 Å². The van der Waals surface area contributed by atoms with E-state index in [1.165, 1.54) is 11.3 Å². The standard InChI is InChI=1S/C22H20N4O4S/c1-28-16-10-18(30-3)17(29-2)8-13(16)12-9-20(27)25-21-14(12)11-23-26(21)22-24-15-6-4-5-7-19(15)31-22/h4-8,10-12H,9H2,1-3H3,(H,25,27)/t12-/m0/s1. The van der Waals surface area contributed by atoms with Crippen LogP contribution in [0.5, 0.6) is 17.2 Å². The van der Waals surface area contributed by atoms with E-state index in [9.17, 15) is 4.79 Å². The molecule has 0 unspecified atom stereocenters. The summed E-state index contributed by atoms with van der Waals surface area (Å²) in [6.45, 7) is 0. The molecule has 9 heteroatoms. The van der Waals surface area contributed by atoms with Gasteiger partial charge in [-0.2, -0.15) is 9.78 Å². The molecule has 0 saturated heterocycles. The van der Waals surface area contributed by atoms with Crippen molar-refractivity contribution >= 4 is 33.3 Å². The number of benzene rings is 2. The molecule has 1 amide bonds. The topological polar surface area (TPSA) is 87.5 Å². The summed E-state index contributed by atoms with van der Waals surface area (Å²) in [6.07, 6.45) is 2.05. The summed E-state index contributed by atoms with van der Waals surface area (Å²) >= 11 is 1.52. The molecule has 1 aliphatic heterocycles. The first-order valence-corrected chi connectivity index (χ1v) is 10.5. The van der Waals surface area contributed by atoms with Crippen molar-refractivity contribution in [3.8, 4) is 22.4 Å². The number of ether oxygens (including phenoxy) is 3. The Morgan fingerprint density at radius 3 is 2.52 bits per heavy atom. The highest BCUT2D eigenvalue weighted by Gasteiger charge is 2.33. The van der Waals surface area contributed by atoms with Gasteiger partial charge < -0.3 is 19.5 Å². The number of carbonyl (C=O) groups excluding carboxylic acids is 1. The van der Waals surface area contributed by atoms with Crippen LogP contribution in [0.25, 0.3) is 15.3 Å². The Morgan fingerprint density at radius 1 is 1.03 bits per heavy atom. The largest absolute Gasteiger partial charge is 0.496 e. The molecule has 0 saturated carbocycles. The van der Waals surface area contributed by atoms with Gasteiger partial charge in [0.2, 0.25) is 11.0 Å². The van der Waals surface area contributed by atoms with Gasteiger partial charge in [-0.15, -0.1) is 0 Å². The van der Waals surface area contributed by atoms with Gasteiger partial charge in [0.25, 0.3) is 0 Å². The molecule has 3 heterocycles. The fourth-order valence-electron chi connectivity index (χ4n) is 3.92. The highest BCUT2D eigenvalue weighted by Crippen LogP contribution is 2.45. The van der Waals surface area contributed by atoms with Crippen LogP contribution in [-0.2, 0) is 4.79 Å². The Labute approximate surface area is 182 Å². The molecule has 0 fully saturated rings. The molecule has 1 aliphatic rings. The Balaban J connectivity index is 1.64. The van der Waals surface area contributed by atoms with Crippen LogP contribution in [0.2, 0.25) is 0 Å². The molecule has 0 spiro atoms. The van der Waals surface area contributed by atoms with Crippen molar-refractivity contribution in [1.29, 1.82) is 0 Å². The first kappa shape index (κ1) is 19.4. The van der Waals surface area contributed by atoms with Gasteiger partial charge in [-0.05, 0) is 18.2 Å². The van der Waals surface area contributed by atoms with Crippen molar-refractivity contribution in [1.82, 2.24) is 14.8 Å². The first-order valence-electron chi connectivity index (χ1n) is 9.66. The van der Waals surface area contributed by atoms with Gasteiger partial charge >= 0.3 is 0 Å². The van der Waals surface area contributed by atoms with Crippen LogP contribution in [0, 0.1) is 0 Å². The molecular formula is C22H20N4O4S. The van der Waals surface area contributed by atoms with E-state index in [0.717, 1.165) is 21.3 Å². The fraction of sp³-hybridized carbons (Fsp3) is 0.227. The van der Waals surface area contributed by atoms with Gasteiger partial charge in [-0.1, -0.05) is 23.5 Å². The molecule has 8 nitrogen and oxygen atoms in total. The number of carbonyl (C=O) groups is 1. The second-order valence-electron chi connectivity index (χ2n) is 7.08. The molecule has 0 aliphatic carbocycles. The first-order chi connectivity index (χ1) is 15.1. The number of para-hydroxylation sites is 1. The van der Waals surface area contributed by atoms with Crippen molar-refractivity contribution in [2.75, 3.05) is 26.6 Å². The summed E-state index contributed by atoms with van der Waals surface area (Å²) in [5, 5.41) is 8.23. The minimum atomic E-state index is -0.248. The molecule has 4 aromatic rings. The van der Waals surface area contributed by atoms with E-state index >= 15 is 0 Å². The number of aromatic nitrogens is 3. The van der Waals surface area contributed by atoms with Crippen LogP contribution >= 0.6 is 11.3 Å². The lowest BCUT2D eigenvalue weighted by Gasteiger charge is -2.25. The smallest absolute Gasteiger partial charge is 0.226 e. The highest BCUT2D eigenvalue weighted by atomic mass is 32.1. The zero-order valence-electron chi connectivity index (χ0n) is 17.2. The van der Waals surface area contributed by atoms with Gasteiger partial charge in [0.05, 0.1) is 37.7 Å². The Bertz CT molecular complexity index is 1260. The molecule has 5 rings (SSSR count). The van der Waals surface area contributed by atoms with Gasteiger partial charge in [-0.3, -0.25) is 4.79 Å². The van der Waals surface area contributed by atoms with Crippen molar-refractivity contribution in [2.45, 2.75) is 12.3 Å². The average Bonchev–Trinajstić information content (AvgIpc) is 3.41. The number of fused-ring (bicyclic) bond motifs is 2. The zero-order valence-corrected chi connectivity index (χ0v) is 18.0. The van der Waals surface area contributed by atoms with E-state index in [4.69, 9.17) is 14.2 Å². The van der Waals surface area contributed by atoms with Crippen molar-refractivity contribution in [2.24, 2.45) is 0 Å². The predicted octanol–water partition coefficient (Wildman–Crippen LogP) is 3.98. The number of hydrogen-bond donors (Lipinski definition) is 1. The quantitative estimate of drug-likeness (QED) is 0.509. The lowest BCUT2D eigenvalue weighted by molar-refractivity contribution is -0.116. The molecule has 0 radical (unpaired) electrons. The maximum absolute atomic E-state index is 12.7. The minimum Gasteiger partial charge on any atom is -0.496 e. The SMILES string of the molecule is COc1cc(OC)c([C@@H]2CC(=O)Nc3c2cnn3-c2nc3ccccc3s2)cc1OC. The van der Waals surface area contributed by atoms with E-state index in [2.05, 4.69) is 15.4 Å². The van der Waals surface area contributed by atoms with E-state index in [1.807, 2.05) is 30.3 Å². The Morgan fingerprint density at radius 2 is 1.77 bits per heavy atom. The van der Waals surface area contributed by atoms with Crippen LogP contribution in [0.4, 0.5) is 5.82 Å². The van der Waals surface area contributed by atoms with Gasteiger partial charge in [0, 0.05) is 29.5 Å². The van der Waals surface area contributed by atoms with Crippen LogP contribution in [0.15, 0.2) is 42.6 Å². The highest BCUT2D eigenvalue weighted by molar-refractivity contribution is 7.20. The number of hydrogen-bond acceptors (Lipinski definition) is 7. The number of nitrogens with one attached hydrogen (secondary N) is 1. The predicted molar refractivity (Wildman–Crippen MR) is 118 cm³/mol. The monoisotopic (exact) mass is 436 g/mol. The summed E-state index contributed by atoms with van der Waals surface area (Å²) < 4.78 is 19.2. The number of anilines is 1. The van der Waals surface area contributed by atoms with Gasteiger partial charge in [-0.25, -0.2) is 4.98 Å². The molecule has 1 atom stereocenters. The maximum Gasteiger partial charge on any atom is 0.226 e. The molecule has 1 N–H and O–H groups in total. The van der Waals surface area contributed by atoms with Crippen LogP contribution in [0.1, 0.15) is 23.5 Å². The summed E-state index contributed by atoms with van der Waals surface area (Å²) in [4.78, 5) is 17.4. The summed E-state index contributed by atoms with van der Waals surface area (Å²) in [7, 11) is 4.75. The molecule has 31 heavy (non-hydrogen) atoms. The molecular weight excluding hydrogens is 416 g/mol. The lowest BCUT2D eigenvalue weighted by atomic mass is 9.86. The lowest BCUT2D eigenvalue weighted by Crippen LogP contribution is -2.25. The van der Waals surface area contributed by atoms with Gasteiger partial charge in [0.1, 0.15) is 11.6 Å². The number of rotatable bonds is 5. The Kier molecular flexibility index (Phi) is 4.74. The summed E-state index contributed by atoms with van der Waals surface area (Å²) in [5.74, 6) is 2.03. The van der Waals surface area contributed by atoms with Crippen LogP contribution in [0.3, 0.4) is 0 Å². The number of nitrogens with zero attached hydrogens (tertiary/aromatic N) is 3. The fourth-order valence-corrected chi connectivity index (χ4v) is 4.85. The van der Waals surface area contributed by atoms with E-state index in [-0.39, 0.29) is 18.2 Å². The van der Waals surface area contributed by atoms with Crippen LogP contribution < -0.4 is 19.5 Å². The molecule has 2 aromatic heterocycles. The van der Waals surface area contributed by atoms with Crippen LogP contribution in [-0.4, -0.2) is 42.0 Å². The third kappa shape index (κ3) is 3.17. The second kappa shape index (κ2) is 7.59. The average molecular weight is 436 g/mol. The second-order valence-corrected chi connectivity index (χ2v) is 8.09. The number of thiazole rings is 1. The number of methoxy groups -OCH3 is 3. The van der Waals surface area contributed by atoms with Crippen molar-refractivity contribution in [3.63, 3.8) is 0 Å². The Hall–Kier alpha value is -3.59.